The minimum absolute atomic E-state index is 0.0685. The van der Waals surface area contributed by atoms with E-state index in [2.05, 4.69) is 16.0 Å². The second kappa shape index (κ2) is 6.64. The largest absolute Gasteiger partial charge is 0.317 e. The number of thiazole rings is 1. The molecule has 0 spiro atoms. The molecule has 5 aliphatic carbocycles. The highest BCUT2D eigenvalue weighted by Gasteiger charge is 2.52. The molecule has 2 heterocycles. The van der Waals surface area contributed by atoms with Crippen LogP contribution >= 0.6 is 22.7 Å². The predicted octanol–water partition coefficient (Wildman–Crippen LogP) is 5.27. The van der Waals surface area contributed by atoms with Crippen LogP contribution in [0.5, 0.6) is 0 Å². The molecule has 2 aromatic heterocycles. The maximum Gasteiger partial charge on any atom is 0.267 e. The molecule has 0 unspecified atom stereocenters. The van der Waals surface area contributed by atoms with E-state index in [1.807, 2.05) is 6.07 Å². The molecule has 5 aliphatic rings. The normalized spacial score (nSPS) is 32.3. The van der Waals surface area contributed by atoms with Crippen LogP contribution in [0.3, 0.4) is 0 Å². The van der Waals surface area contributed by atoms with Crippen molar-refractivity contribution in [2.45, 2.75) is 56.8 Å². The molecule has 4 bridgehead atoms. The van der Waals surface area contributed by atoms with Crippen molar-refractivity contribution in [1.82, 2.24) is 4.98 Å². The Morgan fingerprint density at radius 3 is 2.34 bits per heavy atom. The van der Waals surface area contributed by atoms with Gasteiger partial charge in [0, 0.05) is 16.7 Å². The van der Waals surface area contributed by atoms with Crippen LogP contribution in [0.1, 0.15) is 66.7 Å². The number of nitrogens with zero attached hydrogens (tertiary/aromatic N) is 1. The molecule has 2 N–H and O–H groups in total. The quantitative estimate of drug-likeness (QED) is 0.682. The maximum atomic E-state index is 12.7. The molecule has 7 heteroatoms. The van der Waals surface area contributed by atoms with Crippen LogP contribution in [0.2, 0.25) is 0 Å². The number of aromatic nitrogens is 1. The van der Waals surface area contributed by atoms with Gasteiger partial charge in [-0.1, -0.05) is 0 Å². The third-order valence-corrected chi connectivity index (χ3v) is 9.09. The Kier molecular flexibility index (Phi) is 4.14. The molecule has 0 aromatic carbocycles. The van der Waals surface area contributed by atoms with Gasteiger partial charge in [0.1, 0.15) is 0 Å². The minimum atomic E-state index is -0.145. The number of rotatable bonds is 5. The van der Waals surface area contributed by atoms with Crippen molar-refractivity contribution in [1.29, 1.82) is 0 Å². The molecule has 7 rings (SSSR count). The number of thiophene rings is 1. The van der Waals surface area contributed by atoms with Crippen LogP contribution < -0.4 is 10.6 Å². The molecule has 0 aliphatic heterocycles. The average Bonchev–Trinajstić information content (AvgIpc) is 3.24. The van der Waals surface area contributed by atoms with Gasteiger partial charge in [-0.25, -0.2) is 4.98 Å². The predicted molar refractivity (Wildman–Crippen MR) is 116 cm³/mol. The number of hydrogen-bond acceptors (Lipinski definition) is 5. The Bertz CT molecular complexity index is 939. The van der Waals surface area contributed by atoms with E-state index in [-0.39, 0.29) is 23.1 Å². The highest BCUT2D eigenvalue weighted by molar-refractivity contribution is 7.18. The topological polar surface area (TPSA) is 71.1 Å². The van der Waals surface area contributed by atoms with E-state index in [0.717, 1.165) is 35.6 Å². The minimum Gasteiger partial charge on any atom is -0.317 e. The van der Waals surface area contributed by atoms with Crippen molar-refractivity contribution in [2.24, 2.45) is 23.7 Å². The molecule has 0 atom stereocenters. The number of carbonyl (C=O) groups is 2. The third-order valence-electron chi connectivity index (χ3n) is 7.33. The molecule has 152 valence electrons. The molecule has 29 heavy (non-hydrogen) atoms. The fourth-order valence-corrected chi connectivity index (χ4v) is 7.89. The summed E-state index contributed by atoms with van der Waals surface area (Å²) in [5, 5.41) is 9.49. The highest BCUT2D eigenvalue weighted by atomic mass is 32.1. The summed E-state index contributed by atoms with van der Waals surface area (Å²) in [6, 6.07) is 3.58. The molecular weight excluding hydrogens is 402 g/mol. The molecule has 2 aromatic rings. The zero-order valence-corrected chi connectivity index (χ0v) is 17.9. The lowest BCUT2D eigenvalue weighted by Crippen LogP contribution is -2.48. The first kappa shape index (κ1) is 18.1. The van der Waals surface area contributed by atoms with E-state index in [4.69, 9.17) is 4.98 Å². The Morgan fingerprint density at radius 1 is 1.00 bits per heavy atom. The standard InChI is InChI=1S/C22H25N3O2S2/c26-19(15-1-2-15)24-18-4-3-16(29-18)20(27)25-21-23-17(11-28-21)22-8-12-5-13(9-22)7-14(6-12)10-22/h3-4,11-15H,1-2,5-10H2,(H,24,26)(H,23,25,27). The second-order valence-electron chi connectivity index (χ2n) is 9.62. The zero-order valence-electron chi connectivity index (χ0n) is 16.3. The van der Waals surface area contributed by atoms with Crippen LogP contribution in [0, 0.1) is 23.7 Å². The van der Waals surface area contributed by atoms with Gasteiger partial charge in [0.25, 0.3) is 5.91 Å². The van der Waals surface area contributed by atoms with Gasteiger partial charge in [-0.3, -0.25) is 14.9 Å². The summed E-state index contributed by atoms with van der Waals surface area (Å²) >= 11 is 2.86. The van der Waals surface area contributed by atoms with Crippen molar-refractivity contribution in [2.75, 3.05) is 10.6 Å². The third kappa shape index (κ3) is 3.32. The van der Waals surface area contributed by atoms with E-state index in [1.54, 1.807) is 17.4 Å². The van der Waals surface area contributed by atoms with Gasteiger partial charge >= 0.3 is 0 Å². The summed E-state index contributed by atoms with van der Waals surface area (Å²) in [5.74, 6) is 2.74. The fraction of sp³-hybridized carbons (Fsp3) is 0.591. The zero-order chi connectivity index (χ0) is 19.6. The number of hydrogen-bond donors (Lipinski definition) is 2. The maximum absolute atomic E-state index is 12.7. The van der Waals surface area contributed by atoms with E-state index >= 15 is 0 Å². The number of nitrogens with one attached hydrogen (secondary N) is 2. The summed E-state index contributed by atoms with van der Waals surface area (Å²) in [6.45, 7) is 0. The molecule has 2 amide bonds. The first-order valence-corrected chi connectivity index (χ1v) is 12.4. The van der Waals surface area contributed by atoms with Crippen LogP contribution in [-0.4, -0.2) is 16.8 Å². The van der Waals surface area contributed by atoms with Gasteiger partial charge in [0.2, 0.25) is 5.91 Å². The summed E-state index contributed by atoms with van der Waals surface area (Å²) in [7, 11) is 0. The average molecular weight is 428 g/mol. The van der Waals surface area contributed by atoms with E-state index in [1.165, 1.54) is 55.6 Å². The van der Waals surface area contributed by atoms with Gasteiger partial charge < -0.3 is 5.32 Å². The molecular formula is C22H25N3O2S2. The molecule has 0 saturated heterocycles. The Balaban J connectivity index is 1.14. The first-order valence-electron chi connectivity index (χ1n) is 10.7. The lowest BCUT2D eigenvalue weighted by atomic mass is 9.49. The van der Waals surface area contributed by atoms with Crippen molar-refractivity contribution in [3.63, 3.8) is 0 Å². The van der Waals surface area contributed by atoms with E-state index < -0.39 is 0 Å². The SMILES string of the molecule is O=C(Nc1nc(C23CC4CC(CC(C4)C2)C3)cs1)c1ccc(NC(=O)C2CC2)s1. The van der Waals surface area contributed by atoms with Crippen LogP contribution in [0.15, 0.2) is 17.5 Å². The van der Waals surface area contributed by atoms with Gasteiger partial charge in [-0.2, -0.15) is 0 Å². The van der Waals surface area contributed by atoms with Gasteiger partial charge in [-0.05, 0) is 81.3 Å². The molecule has 5 nitrogen and oxygen atoms in total. The van der Waals surface area contributed by atoms with E-state index in [0.29, 0.717) is 10.0 Å². The number of carbonyl (C=O) groups excluding carboxylic acids is 2. The summed E-state index contributed by atoms with van der Waals surface area (Å²) in [5.41, 5.74) is 1.47. The van der Waals surface area contributed by atoms with Gasteiger partial charge in [0.15, 0.2) is 5.13 Å². The smallest absolute Gasteiger partial charge is 0.267 e. The highest BCUT2D eigenvalue weighted by Crippen LogP contribution is 2.60. The molecule has 0 radical (unpaired) electrons. The van der Waals surface area contributed by atoms with Crippen molar-refractivity contribution >= 4 is 44.6 Å². The molecule has 5 fully saturated rings. The van der Waals surface area contributed by atoms with Crippen LogP contribution in [0.25, 0.3) is 0 Å². The molecule has 5 saturated carbocycles. The van der Waals surface area contributed by atoms with E-state index in [9.17, 15) is 9.59 Å². The summed E-state index contributed by atoms with van der Waals surface area (Å²) in [6.07, 6.45) is 10.1. The summed E-state index contributed by atoms with van der Waals surface area (Å²) in [4.78, 5) is 30.0. The monoisotopic (exact) mass is 427 g/mol. The first-order chi connectivity index (χ1) is 14.1. The van der Waals surface area contributed by atoms with Crippen molar-refractivity contribution in [3.05, 3.63) is 28.1 Å². The fourth-order valence-electron chi connectivity index (χ4n) is 6.25. The lowest BCUT2D eigenvalue weighted by molar-refractivity contribution is -0.117. The van der Waals surface area contributed by atoms with Crippen LogP contribution in [-0.2, 0) is 10.2 Å². The van der Waals surface area contributed by atoms with Crippen molar-refractivity contribution in [3.8, 4) is 0 Å². The Labute approximate surface area is 178 Å². The van der Waals surface area contributed by atoms with Gasteiger partial charge in [-0.15, -0.1) is 22.7 Å². The summed E-state index contributed by atoms with van der Waals surface area (Å²) < 4.78 is 0. The van der Waals surface area contributed by atoms with Crippen LogP contribution in [0.4, 0.5) is 10.1 Å². The van der Waals surface area contributed by atoms with Gasteiger partial charge in [0.05, 0.1) is 15.6 Å². The lowest BCUT2D eigenvalue weighted by Gasteiger charge is -2.56. The Morgan fingerprint density at radius 2 is 1.69 bits per heavy atom. The number of anilines is 2. The van der Waals surface area contributed by atoms with Crippen molar-refractivity contribution < 1.29 is 9.59 Å². The number of amides is 2. The Hall–Kier alpha value is -1.73. The second-order valence-corrected chi connectivity index (χ2v) is 11.6.